The quantitative estimate of drug-likeness (QED) is 0.634. The van der Waals surface area contributed by atoms with Gasteiger partial charge in [0.15, 0.2) is 5.65 Å². The van der Waals surface area contributed by atoms with Crippen LogP contribution < -0.4 is 5.32 Å². The SMILES string of the molecule is Cc1ccc(S(=O)(=O)N2CCCCC2C)cc1C(=O)NCCc1nnc2ccccn12. The molecule has 0 spiro atoms. The molecule has 1 unspecified atom stereocenters. The van der Waals surface area contributed by atoms with Crippen molar-refractivity contribution in [1.29, 1.82) is 0 Å². The standard InChI is InChI=1S/C22H27N5O3S/c1-16-9-10-18(31(29,30)27-14-6-3-7-17(27)2)15-19(16)22(28)23-12-11-21-25-24-20-8-4-5-13-26(20)21/h4-5,8-10,13,15,17H,3,6-7,11-12,14H2,1-2H3,(H,23,28). The minimum absolute atomic E-state index is 0.0321. The number of carbonyl (C=O) groups excluding carboxylic acids is 1. The van der Waals surface area contributed by atoms with Crippen LogP contribution in [0.4, 0.5) is 0 Å². The van der Waals surface area contributed by atoms with Gasteiger partial charge in [-0.1, -0.05) is 18.6 Å². The van der Waals surface area contributed by atoms with E-state index < -0.39 is 10.0 Å². The maximum atomic E-state index is 13.2. The van der Waals surface area contributed by atoms with Gasteiger partial charge in [0.25, 0.3) is 5.91 Å². The number of hydrogen-bond donors (Lipinski definition) is 1. The number of aryl methyl sites for hydroxylation is 1. The Labute approximate surface area is 182 Å². The lowest BCUT2D eigenvalue weighted by Crippen LogP contribution is -2.42. The minimum atomic E-state index is -3.63. The predicted octanol–water partition coefficient (Wildman–Crippen LogP) is 2.57. The number of pyridine rings is 1. The molecule has 2 aromatic heterocycles. The fraction of sp³-hybridized carbons (Fsp3) is 0.409. The molecule has 1 aliphatic heterocycles. The van der Waals surface area contributed by atoms with E-state index in [-0.39, 0.29) is 16.8 Å². The molecule has 3 heterocycles. The molecule has 1 saturated heterocycles. The van der Waals surface area contributed by atoms with Crippen LogP contribution in [0.3, 0.4) is 0 Å². The highest BCUT2D eigenvalue weighted by molar-refractivity contribution is 7.89. The van der Waals surface area contributed by atoms with Gasteiger partial charge in [-0.25, -0.2) is 8.42 Å². The summed E-state index contributed by atoms with van der Waals surface area (Å²) in [6, 6.07) is 10.4. The van der Waals surface area contributed by atoms with Crippen molar-refractivity contribution in [3.8, 4) is 0 Å². The van der Waals surface area contributed by atoms with Gasteiger partial charge in [0.2, 0.25) is 10.0 Å². The Hall–Kier alpha value is -2.78. The molecule has 0 aliphatic carbocycles. The number of sulfonamides is 1. The van der Waals surface area contributed by atoms with Crippen molar-refractivity contribution in [2.45, 2.75) is 50.5 Å². The molecular weight excluding hydrogens is 414 g/mol. The van der Waals surface area contributed by atoms with Crippen molar-refractivity contribution in [3.05, 3.63) is 59.5 Å². The van der Waals surface area contributed by atoms with Gasteiger partial charge in [-0.05, 0) is 56.5 Å². The van der Waals surface area contributed by atoms with Gasteiger partial charge in [-0.15, -0.1) is 10.2 Å². The van der Waals surface area contributed by atoms with E-state index in [1.807, 2.05) is 35.7 Å². The van der Waals surface area contributed by atoms with Crippen LogP contribution in [0.5, 0.6) is 0 Å². The van der Waals surface area contributed by atoms with Gasteiger partial charge in [0.1, 0.15) is 5.82 Å². The molecule has 1 N–H and O–H groups in total. The largest absolute Gasteiger partial charge is 0.352 e. The van der Waals surface area contributed by atoms with E-state index in [4.69, 9.17) is 0 Å². The van der Waals surface area contributed by atoms with E-state index in [1.165, 1.54) is 6.07 Å². The first-order valence-electron chi connectivity index (χ1n) is 10.6. The molecule has 164 valence electrons. The zero-order valence-electron chi connectivity index (χ0n) is 17.8. The van der Waals surface area contributed by atoms with Gasteiger partial charge in [0, 0.05) is 37.3 Å². The molecule has 0 saturated carbocycles. The highest BCUT2D eigenvalue weighted by Gasteiger charge is 2.31. The molecule has 1 atom stereocenters. The molecule has 1 aromatic carbocycles. The Morgan fingerprint density at radius 3 is 2.84 bits per heavy atom. The van der Waals surface area contributed by atoms with Gasteiger partial charge in [-0.3, -0.25) is 9.20 Å². The van der Waals surface area contributed by atoms with Gasteiger partial charge in [-0.2, -0.15) is 4.31 Å². The molecule has 9 heteroatoms. The summed E-state index contributed by atoms with van der Waals surface area (Å²) in [7, 11) is -3.63. The average molecular weight is 442 g/mol. The molecule has 0 radical (unpaired) electrons. The second-order valence-electron chi connectivity index (χ2n) is 7.99. The lowest BCUT2D eigenvalue weighted by Gasteiger charge is -2.32. The molecule has 3 aromatic rings. The van der Waals surface area contributed by atoms with Crippen LogP contribution in [-0.4, -0.2) is 52.4 Å². The summed E-state index contributed by atoms with van der Waals surface area (Å²) in [5.41, 5.74) is 1.86. The number of carbonyl (C=O) groups is 1. The highest BCUT2D eigenvalue weighted by atomic mass is 32.2. The van der Waals surface area contributed by atoms with E-state index >= 15 is 0 Å². The number of fused-ring (bicyclic) bond motifs is 1. The zero-order valence-corrected chi connectivity index (χ0v) is 18.6. The summed E-state index contributed by atoms with van der Waals surface area (Å²) in [6.07, 6.45) is 5.15. The van der Waals surface area contributed by atoms with Crippen molar-refractivity contribution in [2.75, 3.05) is 13.1 Å². The van der Waals surface area contributed by atoms with Gasteiger partial charge >= 0.3 is 0 Å². The first kappa shape index (κ1) is 21.5. The minimum Gasteiger partial charge on any atom is -0.352 e. The summed E-state index contributed by atoms with van der Waals surface area (Å²) in [4.78, 5) is 13.0. The van der Waals surface area contributed by atoms with Crippen molar-refractivity contribution >= 4 is 21.6 Å². The second kappa shape index (κ2) is 8.76. The first-order chi connectivity index (χ1) is 14.9. The fourth-order valence-corrected chi connectivity index (χ4v) is 5.74. The number of benzene rings is 1. The molecule has 8 nitrogen and oxygen atoms in total. The third-order valence-corrected chi connectivity index (χ3v) is 7.83. The van der Waals surface area contributed by atoms with Crippen LogP contribution in [0.2, 0.25) is 0 Å². The molecular formula is C22H27N5O3S. The number of rotatable bonds is 6. The normalized spacial score (nSPS) is 17.7. The summed E-state index contributed by atoms with van der Waals surface area (Å²) in [5.74, 6) is 0.457. The summed E-state index contributed by atoms with van der Waals surface area (Å²) >= 11 is 0. The van der Waals surface area contributed by atoms with E-state index in [0.29, 0.717) is 25.1 Å². The summed E-state index contributed by atoms with van der Waals surface area (Å²) in [5, 5.41) is 11.2. The Bertz CT molecular complexity index is 1200. The number of nitrogens with one attached hydrogen (secondary N) is 1. The fourth-order valence-electron chi connectivity index (χ4n) is 4.01. The van der Waals surface area contributed by atoms with Gasteiger partial charge in [0.05, 0.1) is 4.90 Å². The van der Waals surface area contributed by atoms with Crippen molar-refractivity contribution in [1.82, 2.24) is 24.2 Å². The lowest BCUT2D eigenvalue weighted by molar-refractivity contribution is 0.0953. The van der Waals surface area contributed by atoms with Crippen LogP contribution >= 0.6 is 0 Å². The smallest absolute Gasteiger partial charge is 0.251 e. The van der Waals surface area contributed by atoms with E-state index in [1.54, 1.807) is 23.4 Å². The van der Waals surface area contributed by atoms with E-state index in [2.05, 4.69) is 15.5 Å². The number of amides is 1. The molecule has 1 fully saturated rings. The Balaban J connectivity index is 1.48. The molecule has 0 bridgehead atoms. The number of hydrogen-bond acceptors (Lipinski definition) is 5. The van der Waals surface area contributed by atoms with Crippen molar-refractivity contribution in [2.24, 2.45) is 0 Å². The molecule has 31 heavy (non-hydrogen) atoms. The molecule has 1 amide bonds. The maximum Gasteiger partial charge on any atom is 0.251 e. The Morgan fingerprint density at radius 2 is 2.03 bits per heavy atom. The van der Waals surface area contributed by atoms with Crippen LogP contribution in [0.15, 0.2) is 47.5 Å². The second-order valence-corrected chi connectivity index (χ2v) is 9.88. The summed E-state index contributed by atoms with van der Waals surface area (Å²) < 4.78 is 29.7. The van der Waals surface area contributed by atoms with Crippen molar-refractivity contribution < 1.29 is 13.2 Å². The van der Waals surface area contributed by atoms with Crippen LogP contribution in [-0.2, 0) is 16.4 Å². The average Bonchev–Trinajstić information content (AvgIpc) is 3.17. The number of aromatic nitrogens is 3. The Morgan fingerprint density at radius 1 is 1.19 bits per heavy atom. The predicted molar refractivity (Wildman–Crippen MR) is 117 cm³/mol. The molecule has 1 aliphatic rings. The lowest BCUT2D eigenvalue weighted by atomic mass is 10.1. The van der Waals surface area contributed by atoms with Crippen LogP contribution in [0.1, 0.15) is 47.9 Å². The Kier molecular flexibility index (Phi) is 6.06. The van der Waals surface area contributed by atoms with Crippen molar-refractivity contribution in [3.63, 3.8) is 0 Å². The third kappa shape index (κ3) is 4.33. The van der Waals surface area contributed by atoms with E-state index in [0.717, 1.165) is 36.3 Å². The highest BCUT2D eigenvalue weighted by Crippen LogP contribution is 2.26. The first-order valence-corrected chi connectivity index (χ1v) is 12.0. The number of piperidine rings is 1. The van der Waals surface area contributed by atoms with E-state index in [9.17, 15) is 13.2 Å². The third-order valence-electron chi connectivity index (χ3n) is 5.82. The van der Waals surface area contributed by atoms with Crippen LogP contribution in [0, 0.1) is 6.92 Å². The number of nitrogens with zero attached hydrogens (tertiary/aromatic N) is 4. The zero-order chi connectivity index (χ0) is 22.0. The van der Waals surface area contributed by atoms with Gasteiger partial charge < -0.3 is 5.32 Å². The molecule has 4 rings (SSSR count). The maximum absolute atomic E-state index is 13.2. The topological polar surface area (TPSA) is 96.7 Å². The summed E-state index contributed by atoms with van der Waals surface area (Å²) in [6.45, 7) is 4.63. The monoisotopic (exact) mass is 441 g/mol. The van der Waals surface area contributed by atoms with Crippen LogP contribution in [0.25, 0.3) is 5.65 Å².